The quantitative estimate of drug-likeness (QED) is 0.622. The molecule has 0 heterocycles. The lowest BCUT2D eigenvalue weighted by Gasteiger charge is -2.13. The highest BCUT2D eigenvalue weighted by Crippen LogP contribution is 2.19. The Balaban J connectivity index is 0.000000147. The first kappa shape index (κ1) is 14.8. The fraction of sp³-hybridized carbons (Fsp3) is 0.400. The van der Waals surface area contributed by atoms with E-state index in [4.69, 9.17) is 0 Å². The van der Waals surface area contributed by atoms with Crippen LogP contribution in [0.1, 0.15) is 54.9 Å². The molecule has 0 radical (unpaired) electrons. The van der Waals surface area contributed by atoms with Crippen LogP contribution >= 0.6 is 0 Å². The Bertz CT molecular complexity index is 512. The first-order valence-corrected chi connectivity index (χ1v) is 7.80. The van der Waals surface area contributed by atoms with Gasteiger partial charge in [0.15, 0.2) is 0 Å². The molecule has 0 bridgehead atoms. The van der Waals surface area contributed by atoms with Crippen molar-refractivity contribution in [1.82, 2.24) is 0 Å². The fourth-order valence-electron chi connectivity index (χ4n) is 2.71. The van der Waals surface area contributed by atoms with E-state index in [1.54, 1.807) is 11.1 Å². The van der Waals surface area contributed by atoms with Crippen molar-refractivity contribution in [2.45, 2.75) is 52.4 Å². The Morgan fingerprint density at radius 2 is 1.40 bits per heavy atom. The van der Waals surface area contributed by atoms with Crippen LogP contribution in [-0.2, 0) is 12.8 Å². The fourth-order valence-corrected chi connectivity index (χ4v) is 2.71. The molecule has 106 valence electrons. The molecule has 1 aliphatic rings. The summed E-state index contributed by atoms with van der Waals surface area (Å²) in [5.41, 5.74) is 5.94. The molecule has 0 unspecified atom stereocenters. The van der Waals surface area contributed by atoms with Gasteiger partial charge in [-0.2, -0.15) is 0 Å². The Hall–Kier alpha value is -1.56. The topological polar surface area (TPSA) is 0 Å². The second-order valence-corrected chi connectivity index (χ2v) is 6.04. The van der Waals surface area contributed by atoms with Gasteiger partial charge in [-0.25, -0.2) is 0 Å². The number of aryl methyl sites for hydroxylation is 3. The van der Waals surface area contributed by atoms with E-state index in [9.17, 15) is 0 Å². The van der Waals surface area contributed by atoms with Crippen LogP contribution < -0.4 is 0 Å². The number of hydrogen-bond donors (Lipinski definition) is 0. The van der Waals surface area contributed by atoms with E-state index in [1.165, 1.54) is 36.8 Å². The lowest BCUT2D eigenvalue weighted by molar-refractivity contribution is 0.685. The average Bonchev–Trinajstić information content (AvgIpc) is 2.48. The first-order valence-electron chi connectivity index (χ1n) is 7.80. The summed E-state index contributed by atoms with van der Waals surface area (Å²) in [4.78, 5) is 0. The summed E-state index contributed by atoms with van der Waals surface area (Å²) in [6.07, 6.45) is 5.38. The van der Waals surface area contributed by atoms with Crippen LogP contribution in [-0.4, -0.2) is 0 Å². The second kappa shape index (κ2) is 7.28. The zero-order valence-electron chi connectivity index (χ0n) is 13.0. The molecule has 0 fully saturated rings. The minimum atomic E-state index is 0.653. The molecule has 0 atom stereocenters. The lowest BCUT2D eigenvalue weighted by Crippen LogP contribution is -2.00. The summed E-state index contributed by atoms with van der Waals surface area (Å²) in [5.74, 6) is 0.653. The van der Waals surface area contributed by atoms with E-state index >= 15 is 0 Å². The molecular formula is C20H26. The SMILES string of the molecule is Cc1cccc(C(C)C)c1.c1ccc2c(c1)CCCC2. The molecule has 0 heteroatoms. The molecule has 0 aromatic heterocycles. The summed E-state index contributed by atoms with van der Waals surface area (Å²) in [7, 11) is 0. The Morgan fingerprint density at radius 1 is 0.800 bits per heavy atom. The van der Waals surface area contributed by atoms with Crippen molar-refractivity contribution in [3.8, 4) is 0 Å². The maximum atomic E-state index is 2.26. The summed E-state index contributed by atoms with van der Waals surface area (Å²) >= 11 is 0. The monoisotopic (exact) mass is 266 g/mol. The zero-order chi connectivity index (χ0) is 14.4. The van der Waals surface area contributed by atoms with Gasteiger partial charge in [0.25, 0.3) is 0 Å². The van der Waals surface area contributed by atoms with Gasteiger partial charge in [0.05, 0.1) is 0 Å². The number of benzene rings is 2. The zero-order valence-corrected chi connectivity index (χ0v) is 13.0. The Labute approximate surface area is 123 Å². The third-order valence-electron chi connectivity index (χ3n) is 3.97. The molecule has 0 amide bonds. The third-order valence-corrected chi connectivity index (χ3v) is 3.97. The molecule has 0 aliphatic heterocycles. The van der Waals surface area contributed by atoms with Crippen molar-refractivity contribution in [3.05, 3.63) is 70.8 Å². The van der Waals surface area contributed by atoms with Gasteiger partial charge in [0, 0.05) is 0 Å². The van der Waals surface area contributed by atoms with Crippen LogP contribution in [0.3, 0.4) is 0 Å². The van der Waals surface area contributed by atoms with Gasteiger partial charge in [0.1, 0.15) is 0 Å². The number of rotatable bonds is 1. The predicted molar refractivity (Wildman–Crippen MR) is 88.4 cm³/mol. The summed E-state index contributed by atoms with van der Waals surface area (Å²) in [6, 6.07) is 17.5. The van der Waals surface area contributed by atoms with E-state index in [-0.39, 0.29) is 0 Å². The second-order valence-electron chi connectivity index (χ2n) is 6.04. The summed E-state index contributed by atoms with van der Waals surface area (Å²) in [6.45, 7) is 6.56. The van der Waals surface area contributed by atoms with Gasteiger partial charge in [-0.05, 0) is 55.2 Å². The van der Waals surface area contributed by atoms with Crippen molar-refractivity contribution >= 4 is 0 Å². The Morgan fingerprint density at radius 3 is 1.85 bits per heavy atom. The highest BCUT2D eigenvalue weighted by atomic mass is 14.1. The first-order chi connectivity index (χ1) is 9.66. The van der Waals surface area contributed by atoms with Crippen LogP contribution in [0.2, 0.25) is 0 Å². The van der Waals surface area contributed by atoms with Crippen LogP contribution in [0, 0.1) is 6.92 Å². The maximum absolute atomic E-state index is 2.26. The molecule has 2 aromatic rings. The van der Waals surface area contributed by atoms with Crippen LogP contribution in [0.15, 0.2) is 48.5 Å². The number of fused-ring (bicyclic) bond motifs is 1. The smallest absolute Gasteiger partial charge is 0.0219 e. The molecular weight excluding hydrogens is 240 g/mol. The van der Waals surface area contributed by atoms with E-state index in [1.807, 2.05) is 0 Å². The minimum Gasteiger partial charge on any atom is -0.0620 e. The maximum Gasteiger partial charge on any atom is -0.0219 e. The molecule has 0 saturated carbocycles. The van der Waals surface area contributed by atoms with Gasteiger partial charge in [-0.3, -0.25) is 0 Å². The molecule has 0 N–H and O–H groups in total. The highest BCUT2D eigenvalue weighted by Gasteiger charge is 2.06. The highest BCUT2D eigenvalue weighted by molar-refractivity contribution is 5.28. The standard InChI is InChI=1S/C10H12.C10H14/c1-2-6-10-8-4-3-7-9(10)5-1;1-8(2)10-6-4-5-9(3)7-10/h1-2,5-6H,3-4,7-8H2;4-8H,1-3H3. The van der Waals surface area contributed by atoms with E-state index in [0.29, 0.717) is 5.92 Å². The van der Waals surface area contributed by atoms with E-state index in [2.05, 4.69) is 69.3 Å². The van der Waals surface area contributed by atoms with Crippen molar-refractivity contribution < 1.29 is 0 Å². The minimum absolute atomic E-state index is 0.653. The van der Waals surface area contributed by atoms with Gasteiger partial charge >= 0.3 is 0 Å². The average molecular weight is 266 g/mol. The van der Waals surface area contributed by atoms with Gasteiger partial charge in [-0.15, -0.1) is 0 Å². The van der Waals surface area contributed by atoms with Crippen molar-refractivity contribution in [1.29, 1.82) is 0 Å². The predicted octanol–water partition coefficient (Wildman–Crippen LogP) is 5.68. The third kappa shape index (κ3) is 4.23. The number of hydrogen-bond acceptors (Lipinski definition) is 0. The molecule has 3 rings (SSSR count). The molecule has 2 aromatic carbocycles. The van der Waals surface area contributed by atoms with Gasteiger partial charge in [-0.1, -0.05) is 67.9 Å². The van der Waals surface area contributed by atoms with Gasteiger partial charge < -0.3 is 0 Å². The Kier molecular flexibility index (Phi) is 5.40. The molecule has 1 aliphatic carbocycles. The van der Waals surface area contributed by atoms with Crippen LogP contribution in [0.5, 0.6) is 0 Å². The largest absolute Gasteiger partial charge is 0.0620 e. The van der Waals surface area contributed by atoms with Crippen molar-refractivity contribution in [2.75, 3.05) is 0 Å². The molecule has 0 nitrogen and oxygen atoms in total. The normalized spacial score (nSPS) is 13.4. The molecule has 20 heavy (non-hydrogen) atoms. The van der Waals surface area contributed by atoms with Crippen LogP contribution in [0.25, 0.3) is 0 Å². The van der Waals surface area contributed by atoms with E-state index in [0.717, 1.165) is 0 Å². The van der Waals surface area contributed by atoms with Gasteiger partial charge in [0.2, 0.25) is 0 Å². The summed E-state index contributed by atoms with van der Waals surface area (Å²) in [5, 5.41) is 0. The lowest BCUT2D eigenvalue weighted by atomic mass is 9.92. The molecule has 0 spiro atoms. The molecule has 0 saturated heterocycles. The van der Waals surface area contributed by atoms with Crippen LogP contribution in [0.4, 0.5) is 0 Å². The van der Waals surface area contributed by atoms with Crippen molar-refractivity contribution in [2.24, 2.45) is 0 Å². The summed E-state index contributed by atoms with van der Waals surface area (Å²) < 4.78 is 0. The van der Waals surface area contributed by atoms with Crippen molar-refractivity contribution in [3.63, 3.8) is 0 Å². The van der Waals surface area contributed by atoms with E-state index < -0.39 is 0 Å².